The van der Waals surface area contributed by atoms with Crippen LogP contribution in [0.15, 0.2) is 66.2 Å². The van der Waals surface area contributed by atoms with Gasteiger partial charge in [-0.05, 0) is 53.6 Å². The highest BCUT2D eigenvalue weighted by molar-refractivity contribution is 6.20. The molecule has 8 heteroatoms. The minimum absolute atomic E-state index is 0.105. The highest BCUT2D eigenvalue weighted by Crippen LogP contribution is 2.47. The van der Waals surface area contributed by atoms with Gasteiger partial charge >= 0.3 is 5.97 Å². The first-order valence-electron chi connectivity index (χ1n) is 10.9. The molecule has 1 N–H and O–H groups in total. The summed E-state index contributed by atoms with van der Waals surface area (Å²) in [6.07, 6.45) is 0.172. The third-order valence-electron chi connectivity index (χ3n) is 6.16. The topological polar surface area (TPSA) is 92.7 Å². The maximum Gasteiger partial charge on any atom is 0.342 e. The molecule has 0 saturated heterocycles. The van der Waals surface area contributed by atoms with Gasteiger partial charge in [-0.2, -0.15) is 0 Å². The van der Waals surface area contributed by atoms with E-state index in [0.717, 1.165) is 5.56 Å². The van der Waals surface area contributed by atoms with Crippen molar-refractivity contribution in [2.45, 2.75) is 12.2 Å². The van der Waals surface area contributed by atoms with Crippen molar-refractivity contribution in [1.82, 2.24) is 0 Å². The summed E-state index contributed by atoms with van der Waals surface area (Å²) in [4.78, 5) is 13.3. The summed E-state index contributed by atoms with van der Waals surface area (Å²) < 4.78 is 32.7. The van der Waals surface area contributed by atoms with Crippen molar-refractivity contribution < 1.29 is 38.3 Å². The Morgan fingerprint density at radius 1 is 0.857 bits per heavy atom. The molecule has 0 bridgehead atoms. The summed E-state index contributed by atoms with van der Waals surface area (Å²) in [7, 11) is 4.68. The molecule has 2 aliphatic rings. The lowest BCUT2D eigenvalue weighted by Crippen LogP contribution is -2.29. The zero-order chi connectivity index (χ0) is 24.6. The monoisotopic (exact) mass is 476 g/mol. The number of cyclic esters (lactones) is 1. The fourth-order valence-corrected chi connectivity index (χ4v) is 4.33. The van der Waals surface area contributed by atoms with Crippen LogP contribution in [-0.2, 0) is 21.7 Å². The van der Waals surface area contributed by atoms with E-state index < -0.39 is 11.8 Å². The van der Waals surface area contributed by atoms with Crippen molar-refractivity contribution in [3.8, 4) is 28.7 Å². The van der Waals surface area contributed by atoms with Crippen LogP contribution in [0, 0.1) is 0 Å². The first-order valence-corrected chi connectivity index (χ1v) is 10.9. The van der Waals surface area contributed by atoms with E-state index in [0.29, 0.717) is 45.4 Å². The molecule has 3 aromatic rings. The van der Waals surface area contributed by atoms with E-state index in [9.17, 15) is 9.90 Å². The lowest BCUT2D eigenvalue weighted by molar-refractivity contribution is -0.185. The van der Waals surface area contributed by atoms with Crippen LogP contribution in [0.1, 0.15) is 16.7 Å². The van der Waals surface area contributed by atoms with E-state index in [1.165, 1.54) is 0 Å². The Balaban J connectivity index is 1.67. The molecule has 1 atom stereocenters. The number of aliphatic hydroxyl groups is 1. The van der Waals surface area contributed by atoms with Gasteiger partial charge in [-0.1, -0.05) is 12.1 Å². The van der Waals surface area contributed by atoms with E-state index in [1.807, 2.05) is 6.07 Å². The van der Waals surface area contributed by atoms with Crippen LogP contribution in [0.4, 0.5) is 0 Å². The van der Waals surface area contributed by atoms with Crippen molar-refractivity contribution >= 4 is 11.5 Å². The smallest absolute Gasteiger partial charge is 0.342 e. The second-order valence-electron chi connectivity index (χ2n) is 8.04. The number of fused-ring (bicyclic) bond motifs is 1. The van der Waals surface area contributed by atoms with Crippen LogP contribution >= 0.6 is 0 Å². The second kappa shape index (κ2) is 8.88. The Bertz CT molecular complexity index is 1310. The molecule has 35 heavy (non-hydrogen) atoms. The summed E-state index contributed by atoms with van der Waals surface area (Å²) >= 11 is 0. The molecule has 0 saturated carbocycles. The minimum atomic E-state index is -2.00. The second-order valence-corrected chi connectivity index (χ2v) is 8.04. The molecule has 0 amide bonds. The van der Waals surface area contributed by atoms with Crippen molar-refractivity contribution in [2.24, 2.45) is 0 Å². The maximum atomic E-state index is 13.3. The summed E-state index contributed by atoms with van der Waals surface area (Å²) in [5.41, 5.74) is 2.30. The zero-order valence-corrected chi connectivity index (χ0v) is 19.5. The number of rotatable bonds is 7. The van der Waals surface area contributed by atoms with Gasteiger partial charge in [0.1, 0.15) is 17.2 Å². The number of carbonyl (C=O) groups is 1. The number of methoxy groups -OCH3 is 3. The van der Waals surface area contributed by atoms with E-state index in [4.69, 9.17) is 28.4 Å². The number of hydrogen-bond donors (Lipinski definition) is 1. The first kappa shape index (κ1) is 22.6. The lowest BCUT2D eigenvalue weighted by atomic mass is 9.87. The SMILES string of the molecule is COc1ccc(C2(O)OC(=O)C(c3ccc4c(c3)OCO4)=C2Cc2ccc(OC)cc2OC)cc1. The fraction of sp³-hybridized carbons (Fsp3) is 0.222. The molecular weight excluding hydrogens is 452 g/mol. The summed E-state index contributed by atoms with van der Waals surface area (Å²) in [6.45, 7) is 0.105. The molecule has 0 fully saturated rings. The molecule has 2 heterocycles. The van der Waals surface area contributed by atoms with Gasteiger partial charge in [-0.25, -0.2) is 4.79 Å². The van der Waals surface area contributed by atoms with Crippen molar-refractivity contribution in [1.29, 1.82) is 0 Å². The molecule has 0 spiro atoms. The van der Waals surface area contributed by atoms with Crippen molar-refractivity contribution in [3.05, 3.63) is 82.9 Å². The number of hydrogen-bond acceptors (Lipinski definition) is 8. The van der Waals surface area contributed by atoms with Gasteiger partial charge in [-0.3, -0.25) is 0 Å². The summed E-state index contributed by atoms with van der Waals surface area (Å²) in [5.74, 6) is 0.247. The van der Waals surface area contributed by atoms with E-state index in [-0.39, 0.29) is 18.8 Å². The third-order valence-corrected chi connectivity index (χ3v) is 6.16. The molecular formula is C27H24O8. The third kappa shape index (κ3) is 3.91. The Morgan fingerprint density at radius 3 is 2.29 bits per heavy atom. The predicted octanol–water partition coefficient (Wildman–Crippen LogP) is 3.84. The molecule has 0 aliphatic carbocycles. The summed E-state index contributed by atoms with van der Waals surface area (Å²) in [5, 5.41) is 11.8. The molecule has 0 aromatic heterocycles. The van der Waals surface area contributed by atoms with Crippen LogP contribution in [0.3, 0.4) is 0 Å². The van der Waals surface area contributed by atoms with Gasteiger partial charge in [0, 0.05) is 23.6 Å². The number of carbonyl (C=O) groups excluding carboxylic acids is 1. The number of ether oxygens (including phenoxy) is 6. The first-order chi connectivity index (χ1) is 17.0. The molecule has 180 valence electrons. The molecule has 1 unspecified atom stereocenters. The Labute approximate surface area is 202 Å². The van der Waals surface area contributed by atoms with Crippen LogP contribution in [0.5, 0.6) is 28.7 Å². The quantitative estimate of drug-likeness (QED) is 0.515. The number of esters is 1. The van der Waals surface area contributed by atoms with E-state index >= 15 is 0 Å². The van der Waals surface area contributed by atoms with Gasteiger partial charge in [0.25, 0.3) is 5.79 Å². The molecule has 0 radical (unpaired) electrons. The van der Waals surface area contributed by atoms with E-state index in [2.05, 4.69) is 0 Å². The Hall–Kier alpha value is -4.17. The standard InChI is InChI=1S/C27H24O8/c1-30-19-9-6-18(7-10-19)27(29)21(12-16-4-8-20(31-2)14-23(16)32-3)25(26(28)35-27)17-5-11-22-24(13-17)34-15-33-22/h4-11,13-14,29H,12,15H2,1-3H3. The summed E-state index contributed by atoms with van der Waals surface area (Å²) in [6, 6.07) is 17.3. The normalized spacial score (nSPS) is 18.5. The van der Waals surface area contributed by atoms with Crippen molar-refractivity contribution in [3.63, 3.8) is 0 Å². The van der Waals surface area contributed by atoms with Crippen LogP contribution in [0.25, 0.3) is 5.57 Å². The van der Waals surface area contributed by atoms with Gasteiger partial charge in [0.05, 0.1) is 26.9 Å². The Kier molecular flexibility index (Phi) is 5.74. The van der Waals surface area contributed by atoms with Gasteiger partial charge in [-0.15, -0.1) is 0 Å². The van der Waals surface area contributed by atoms with Gasteiger partial charge in [0.2, 0.25) is 6.79 Å². The van der Waals surface area contributed by atoms with Crippen LogP contribution < -0.4 is 23.7 Å². The number of benzene rings is 3. The van der Waals surface area contributed by atoms with Crippen molar-refractivity contribution in [2.75, 3.05) is 28.1 Å². The minimum Gasteiger partial charge on any atom is -0.497 e. The van der Waals surface area contributed by atoms with Gasteiger partial charge in [0.15, 0.2) is 11.5 Å². The average molecular weight is 476 g/mol. The van der Waals surface area contributed by atoms with Gasteiger partial charge < -0.3 is 33.5 Å². The lowest BCUT2D eigenvalue weighted by Gasteiger charge is -2.26. The highest BCUT2D eigenvalue weighted by Gasteiger charge is 2.48. The maximum absolute atomic E-state index is 13.3. The largest absolute Gasteiger partial charge is 0.497 e. The van der Waals surface area contributed by atoms with E-state index in [1.54, 1.807) is 75.9 Å². The molecule has 5 rings (SSSR count). The Morgan fingerprint density at radius 2 is 1.57 bits per heavy atom. The average Bonchev–Trinajstić information content (AvgIpc) is 3.45. The predicted molar refractivity (Wildman–Crippen MR) is 126 cm³/mol. The van der Waals surface area contributed by atoms with Crippen LogP contribution in [0.2, 0.25) is 0 Å². The fourth-order valence-electron chi connectivity index (χ4n) is 4.33. The molecule has 3 aromatic carbocycles. The highest BCUT2D eigenvalue weighted by atomic mass is 16.7. The zero-order valence-electron chi connectivity index (χ0n) is 19.5. The molecule has 8 nitrogen and oxygen atoms in total. The van der Waals surface area contributed by atoms with Crippen LogP contribution in [-0.4, -0.2) is 39.2 Å². The molecule has 2 aliphatic heterocycles.